The lowest BCUT2D eigenvalue weighted by Crippen LogP contribution is -2.28. The van der Waals surface area contributed by atoms with Gasteiger partial charge in [0, 0.05) is 25.3 Å². The number of nitrogens with zero attached hydrogens (tertiary/aromatic N) is 1. The summed E-state index contributed by atoms with van der Waals surface area (Å²) < 4.78 is 38.3. The quantitative estimate of drug-likeness (QED) is 0.834. The highest BCUT2D eigenvalue weighted by Gasteiger charge is 2.34. The Balaban J connectivity index is 3.00. The van der Waals surface area contributed by atoms with Crippen molar-refractivity contribution in [2.24, 2.45) is 5.73 Å². The van der Waals surface area contributed by atoms with Gasteiger partial charge in [-0.25, -0.2) is 0 Å². The Morgan fingerprint density at radius 3 is 2.45 bits per heavy atom. The predicted octanol–water partition coefficient (Wildman–Crippen LogP) is 1.84. The summed E-state index contributed by atoms with van der Waals surface area (Å²) in [6, 6.07) is 3.30. The molecule has 0 bridgehead atoms. The molecule has 1 aromatic carbocycles. The fraction of sp³-hybridized carbons (Fsp3) is 0.333. The van der Waals surface area contributed by atoms with E-state index in [2.05, 4.69) is 17.5 Å². The zero-order valence-corrected chi connectivity index (χ0v) is 11.7. The summed E-state index contributed by atoms with van der Waals surface area (Å²) >= 11 is 4.63. The number of nitrogens with two attached hydrogens (primary N) is 1. The molecule has 0 atom stereocenters. The van der Waals surface area contributed by atoms with Crippen molar-refractivity contribution in [3.05, 3.63) is 29.3 Å². The molecule has 110 valence electrons. The molecule has 3 N–H and O–H groups in total. The molecule has 0 aromatic heterocycles. The third-order valence-corrected chi connectivity index (χ3v) is 2.75. The highest BCUT2D eigenvalue weighted by molar-refractivity contribution is 7.80. The first-order chi connectivity index (χ1) is 9.12. The van der Waals surface area contributed by atoms with Gasteiger partial charge in [0.2, 0.25) is 5.91 Å². The summed E-state index contributed by atoms with van der Waals surface area (Å²) in [6.45, 7) is -0.0326. The molecule has 8 heteroatoms. The fourth-order valence-corrected chi connectivity index (χ4v) is 1.61. The van der Waals surface area contributed by atoms with Crippen molar-refractivity contribution in [1.29, 1.82) is 0 Å². The lowest BCUT2D eigenvalue weighted by Gasteiger charge is -2.15. The number of thiocarbonyl (C=S) groups is 1. The van der Waals surface area contributed by atoms with Crippen LogP contribution in [0.3, 0.4) is 0 Å². The van der Waals surface area contributed by atoms with Gasteiger partial charge in [-0.2, -0.15) is 13.2 Å². The summed E-state index contributed by atoms with van der Waals surface area (Å²) in [5, 5.41) is 2.73. The number of nitrogens with one attached hydrogen (secondary N) is 1. The van der Waals surface area contributed by atoms with Crippen molar-refractivity contribution in [3.63, 3.8) is 0 Å². The van der Waals surface area contributed by atoms with E-state index in [0.717, 1.165) is 6.07 Å². The first-order valence-corrected chi connectivity index (χ1v) is 5.99. The van der Waals surface area contributed by atoms with Gasteiger partial charge in [-0.1, -0.05) is 12.2 Å². The van der Waals surface area contributed by atoms with Crippen LogP contribution in [0.25, 0.3) is 0 Å². The monoisotopic (exact) mass is 305 g/mol. The standard InChI is InChI=1S/C12H14F3N3OS/c1-18(2)10(19)6-17-7-3-4-9(12(13,14)15)8(5-7)11(16)20/h3-5,17H,6H2,1-2H3,(H2,16,20). The number of hydrogen-bond donors (Lipinski definition) is 2. The first-order valence-electron chi connectivity index (χ1n) is 5.58. The van der Waals surface area contributed by atoms with Gasteiger partial charge in [0.05, 0.1) is 12.1 Å². The zero-order valence-electron chi connectivity index (χ0n) is 10.9. The number of halogens is 3. The molecule has 1 aromatic rings. The smallest absolute Gasteiger partial charge is 0.389 e. The van der Waals surface area contributed by atoms with Crippen LogP contribution >= 0.6 is 12.2 Å². The van der Waals surface area contributed by atoms with Crippen LogP contribution in [0.5, 0.6) is 0 Å². The normalized spacial score (nSPS) is 11.1. The van der Waals surface area contributed by atoms with E-state index in [1.807, 2.05) is 0 Å². The third kappa shape index (κ3) is 4.09. The number of benzene rings is 1. The van der Waals surface area contributed by atoms with Gasteiger partial charge in [-0.15, -0.1) is 0 Å². The molecule has 0 heterocycles. The number of amides is 1. The zero-order chi connectivity index (χ0) is 15.5. The number of rotatable bonds is 4. The van der Waals surface area contributed by atoms with Gasteiger partial charge in [0.25, 0.3) is 0 Å². The SMILES string of the molecule is CN(C)C(=O)CNc1ccc(C(F)(F)F)c(C(N)=S)c1. The van der Waals surface area contributed by atoms with E-state index < -0.39 is 11.7 Å². The number of alkyl halides is 3. The molecule has 0 aliphatic heterocycles. The molecule has 0 fully saturated rings. The predicted molar refractivity (Wildman–Crippen MR) is 74.5 cm³/mol. The molecule has 0 radical (unpaired) electrons. The highest BCUT2D eigenvalue weighted by Crippen LogP contribution is 2.33. The molecular weight excluding hydrogens is 291 g/mol. The van der Waals surface area contributed by atoms with Gasteiger partial charge in [0.1, 0.15) is 4.99 Å². The summed E-state index contributed by atoms with van der Waals surface area (Å²) in [7, 11) is 3.16. The maximum Gasteiger partial charge on any atom is 0.417 e. The molecule has 0 spiro atoms. The van der Waals surface area contributed by atoms with Gasteiger partial charge in [0.15, 0.2) is 0 Å². The van der Waals surface area contributed by atoms with Crippen molar-refractivity contribution in [3.8, 4) is 0 Å². The molecule has 1 amide bonds. The fourth-order valence-electron chi connectivity index (χ4n) is 1.44. The van der Waals surface area contributed by atoms with Crippen LogP contribution in [0.15, 0.2) is 18.2 Å². The average molecular weight is 305 g/mol. The summed E-state index contributed by atoms with van der Waals surface area (Å²) in [6.07, 6.45) is -4.53. The maximum atomic E-state index is 12.8. The Morgan fingerprint density at radius 2 is 2.00 bits per heavy atom. The second-order valence-electron chi connectivity index (χ2n) is 4.26. The largest absolute Gasteiger partial charge is 0.417 e. The molecular formula is C12H14F3N3OS. The summed E-state index contributed by atoms with van der Waals surface area (Å²) in [5.41, 5.74) is 4.49. The van der Waals surface area contributed by atoms with Crippen molar-refractivity contribution in [2.45, 2.75) is 6.18 Å². The van der Waals surface area contributed by atoms with Gasteiger partial charge < -0.3 is 16.0 Å². The second kappa shape index (κ2) is 6.08. The lowest BCUT2D eigenvalue weighted by atomic mass is 10.1. The van der Waals surface area contributed by atoms with Crippen LogP contribution in [-0.2, 0) is 11.0 Å². The van der Waals surface area contributed by atoms with Crippen LogP contribution in [0, 0.1) is 0 Å². The van der Waals surface area contributed by atoms with Crippen LogP contribution in [0.4, 0.5) is 18.9 Å². The number of carbonyl (C=O) groups excluding carboxylic acids is 1. The number of anilines is 1. The van der Waals surface area contributed by atoms with Gasteiger partial charge in [-0.3, -0.25) is 4.79 Å². The van der Waals surface area contributed by atoms with Gasteiger partial charge >= 0.3 is 6.18 Å². The van der Waals surface area contributed by atoms with Crippen molar-refractivity contribution in [2.75, 3.05) is 26.0 Å². The third-order valence-electron chi connectivity index (χ3n) is 2.53. The number of carbonyl (C=O) groups is 1. The van der Waals surface area contributed by atoms with Crippen LogP contribution in [0.2, 0.25) is 0 Å². The summed E-state index contributed by atoms with van der Waals surface area (Å²) in [4.78, 5) is 12.4. The van der Waals surface area contributed by atoms with E-state index in [4.69, 9.17) is 5.73 Å². The molecule has 0 saturated heterocycles. The Morgan fingerprint density at radius 1 is 1.40 bits per heavy atom. The number of likely N-dealkylation sites (N-methyl/N-ethyl adjacent to an activating group) is 1. The Kier molecular flexibility index (Phi) is 4.93. The van der Waals surface area contributed by atoms with Crippen molar-refractivity contribution in [1.82, 2.24) is 4.90 Å². The van der Waals surface area contributed by atoms with Crippen molar-refractivity contribution >= 4 is 28.8 Å². The van der Waals surface area contributed by atoms with E-state index in [9.17, 15) is 18.0 Å². The molecule has 1 rings (SSSR count). The molecule has 4 nitrogen and oxygen atoms in total. The Hall–Kier alpha value is -1.83. The first kappa shape index (κ1) is 16.2. The highest BCUT2D eigenvalue weighted by atomic mass is 32.1. The minimum atomic E-state index is -4.53. The van der Waals surface area contributed by atoms with Crippen molar-refractivity contribution < 1.29 is 18.0 Å². The second-order valence-corrected chi connectivity index (χ2v) is 4.70. The van der Waals surface area contributed by atoms with E-state index in [1.165, 1.54) is 17.0 Å². The topological polar surface area (TPSA) is 58.4 Å². The average Bonchev–Trinajstić information content (AvgIpc) is 2.34. The maximum absolute atomic E-state index is 12.8. The van der Waals surface area contributed by atoms with E-state index in [1.54, 1.807) is 14.1 Å². The van der Waals surface area contributed by atoms with E-state index in [-0.39, 0.29) is 23.0 Å². The van der Waals surface area contributed by atoms with Crippen LogP contribution in [0.1, 0.15) is 11.1 Å². The molecule has 20 heavy (non-hydrogen) atoms. The number of hydrogen-bond acceptors (Lipinski definition) is 3. The molecule has 0 saturated carbocycles. The lowest BCUT2D eigenvalue weighted by molar-refractivity contribution is -0.137. The van der Waals surface area contributed by atoms with Crippen LogP contribution in [-0.4, -0.2) is 36.4 Å². The van der Waals surface area contributed by atoms with Gasteiger partial charge in [-0.05, 0) is 18.2 Å². The molecule has 0 unspecified atom stereocenters. The Bertz CT molecular complexity index is 529. The molecule has 0 aliphatic rings. The summed E-state index contributed by atoms with van der Waals surface area (Å²) in [5.74, 6) is -0.207. The minimum absolute atomic E-state index is 0.0326. The van der Waals surface area contributed by atoms with E-state index >= 15 is 0 Å². The minimum Gasteiger partial charge on any atom is -0.389 e. The molecule has 0 aliphatic carbocycles. The van der Waals surface area contributed by atoms with Crippen LogP contribution < -0.4 is 11.1 Å². The van der Waals surface area contributed by atoms with E-state index in [0.29, 0.717) is 5.69 Å². The Labute approximate surface area is 119 Å².